The molecular weight excluding hydrogens is 276 g/mol. The molecule has 1 atom stereocenters. The molecule has 4 heteroatoms. The van der Waals surface area contributed by atoms with Crippen molar-refractivity contribution in [3.63, 3.8) is 0 Å². The van der Waals surface area contributed by atoms with Gasteiger partial charge in [0.25, 0.3) is 0 Å². The van der Waals surface area contributed by atoms with Gasteiger partial charge in [-0.1, -0.05) is 32.4 Å². The van der Waals surface area contributed by atoms with Crippen LogP contribution in [-0.2, 0) is 16.1 Å². The zero-order valence-corrected chi connectivity index (χ0v) is 14.0. The molecule has 1 aromatic rings. The van der Waals surface area contributed by atoms with E-state index in [-0.39, 0.29) is 11.8 Å². The highest BCUT2D eigenvalue weighted by Crippen LogP contribution is 2.18. The summed E-state index contributed by atoms with van der Waals surface area (Å²) < 4.78 is 5.38. The number of carbonyl (C=O) groups excluding carboxylic acids is 1. The lowest BCUT2D eigenvalue weighted by Crippen LogP contribution is -2.36. The number of amides is 1. The van der Waals surface area contributed by atoms with Gasteiger partial charge >= 0.3 is 0 Å². The first-order chi connectivity index (χ1) is 10.6. The molecule has 2 rings (SSSR count). The molecule has 122 valence electrons. The summed E-state index contributed by atoms with van der Waals surface area (Å²) in [5.74, 6) is 0.349. The molecule has 1 saturated heterocycles. The van der Waals surface area contributed by atoms with E-state index in [1.807, 2.05) is 18.9 Å². The van der Waals surface area contributed by atoms with Crippen LogP contribution >= 0.6 is 0 Å². The van der Waals surface area contributed by atoms with Crippen molar-refractivity contribution in [3.8, 4) is 0 Å². The summed E-state index contributed by atoms with van der Waals surface area (Å²) in [5, 5.41) is 0. The van der Waals surface area contributed by atoms with Crippen LogP contribution in [0.15, 0.2) is 24.3 Å². The monoisotopic (exact) mass is 304 g/mol. The van der Waals surface area contributed by atoms with E-state index < -0.39 is 0 Å². The second-order valence-electron chi connectivity index (χ2n) is 6.15. The van der Waals surface area contributed by atoms with E-state index in [4.69, 9.17) is 4.74 Å². The zero-order chi connectivity index (χ0) is 15.9. The molecule has 0 spiro atoms. The van der Waals surface area contributed by atoms with Gasteiger partial charge in [0.2, 0.25) is 5.91 Å². The third-order valence-corrected chi connectivity index (χ3v) is 4.25. The molecule has 1 aliphatic heterocycles. The predicted octanol–water partition coefficient (Wildman–Crippen LogP) is 2.92. The smallest absolute Gasteiger partial charge is 0.225 e. The Morgan fingerprint density at radius 3 is 2.50 bits per heavy atom. The second-order valence-corrected chi connectivity index (χ2v) is 6.15. The van der Waals surface area contributed by atoms with E-state index in [9.17, 15) is 4.79 Å². The Morgan fingerprint density at radius 1 is 1.27 bits per heavy atom. The Bertz CT molecular complexity index is 466. The molecule has 0 N–H and O–H groups in total. The number of carbonyl (C=O) groups is 1. The highest BCUT2D eigenvalue weighted by atomic mass is 16.5. The molecule has 1 aliphatic rings. The molecule has 0 aliphatic carbocycles. The van der Waals surface area contributed by atoms with Crippen LogP contribution in [-0.4, -0.2) is 44.2 Å². The topological polar surface area (TPSA) is 32.8 Å². The highest BCUT2D eigenvalue weighted by Gasteiger charge is 2.17. The van der Waals surface area contributed by atoms with Crippen LogP contribution in [0.1, 0.15) is 32.3 Å². The quantitative estimate of drug-likeness (QED) is 0.810. The van der Waals surface area contributed by atoms with Crippen molar-refractivity contribution >= 4 is 11.6 Å². The van der Waals surface area contributed by atoms with Crippen LogP contribution in [0.25, 0.3) is 0 Å². The van der Waals surface area contributed by atoms with E-state index in [1.54, 1.807) is 0 Å². The highest BCUT2D eigenvalue weighted by molar-refractivity contribution is 5.78. The Morgan fingerprint density at radius 2 is 1.91 bits per heavy atom. The van der Waals surface area contributed by atoms with Gasteiger partial charge in [0, 0.05) is 38.3 Å². The van der Waals surface area contributed by atoms with Crippen LogP contribution in [0.4, 0.5) is 5.69 Å². The van der Waals surface area contributed by atoms with Crippen LogP contribution in [0.5, 0.6) is 0 Å². The van der Waals surface area contributed by atoms with Crippen molar-refractivity contribution in [2.45, 2.75) is 33.2 Å². The minimum absolute atomic E-state index is 0.114. The van der Waals surface area contributed by atoms with Crippen LogP contribution in [0.2, 0.25) is 0 Å². The number of hydrogen-bond donors (Lipinski definition) is 0. The van der Waals surface area contributed by atoms with Gasteiger partial charge in [0.15, 0.2) is 0 Å². The molecule has 0 radical (unpaired) electrons. The van der Waals surface area contributed by atoms with Crippen LogP contribution in [0.3, 0.4) is 0 Å². The maximum absolute atomic E-state index is 12.3. The van der Waals surface area contributed by atoms with Gasteiger partial charge in [0.05, 0.1) is 13.2 Å². The summed E-state index contributed by atoms with van der Waals surface area (Å²) in [6, 6.07) is 8.54. The second kappa shape index (κ2) is 8.18. The fourth-order valence-corrected chi connectivity index (χ4v) is 2.92. The molecule has 0 bridgehead atoms. The number of ether oxygens (including phenoxy) is 1. The number of hydrogen-bond acceptors (Lipinski definition) is 3. The zero-order valence-electron chi connectivity index (χ0n) is 14.0. The van der Waals surface area contributed by atoms with E-state index in [0.29, 0.717) is 6.54 Å². The van der Waals surface area contributed by atoms with Crippen molar-refractivity contribution in [2.24, 2.45) is 5.92 Å². The summed E-state index contributed by atoms with van der Waals surface area (Å²) in [6.45, 7) is 8.31. The molecule has 22 heavy (non-hydrogen) atoms. The van der Waals surface area contributed by atoms with Gasteiger partial charge in [-0.3, -0.25) is 4.79 Å². The van der Waals surface area contributed by atoms with Gasteiger partial charge in [-0.25, -0.2) is 0 Å². The Hall–Kier alpha value is -1.55. The van der Waals surface area contributed by atoms with Crippen LogP contribution in [0, 0.1) is 5.92 Å². The lowest BCUT2D eigenvalue weighted by atomic mass is 10.0. The minimum atomic E-state index is 0.114. The summed E-state index contributed by atoms with van der Waals surface area (Å²) in [6.07, 6.45) is 2.01. The van der Waals surface area contributed by atoms with E-state index in [0.717, 1.165) is 39.1 Å². The molecule has 0 aromatic heterocycles. The number of morpholine rings is 1. The van der Waals surface area contributed by atoms with Gasteiger partial charge in [-0.2, -0.15) is 0 Å². The number of benzene rings is 1. The largest absolute Gasteiger partial charge is 0.378 e. The van der Waals surface area contributed by atoms with Crippen LogP contribution < -0.4 is 4.90 Å². The van der Waals surface area contributed by atoms with Gasteiger partial charge in [0.1, 0.15) is 0 Å². The molecule has 1 amide bonds. The Kier molecular flexibility index (Phi) is 6.25. The fraction of sp³-hybridized carbons (Fsp3) is 0.611. The first-order valence-corrected chi connectivity index (χ1v) is 8.28. The first kappa shape index (κ1) is 16.8. The van der Waals surface area contributed by atoms with Gasteiger partial charge < -0.3 is 14.5 Å². The van der Waals surface area contributed by atoms with E-state index in [2.05, 4.69) is 36.1 Å². The maximum Gasteiger partial charge on any atom is 0.225 e. The van der Waals surface area contributed by atoms with Crippen molar-refractivity contribution in [1.82, 2.24) is 4.90 Å². The molecule has 1 heterocycles. The van der Waals surface area contributed by atoms with Gasteiger partial charge in [-0.05, 0) is 24.1 Å². The third-order valence-electron chi connectivity index (χ3n) is 4.25. The lowest BCUT2D eigenvalue weighted by molar-refractivity contribution is -0.134. The Labute approximate surface area is 134 Å². The number of anilines is 1. The van der Waals surface area contributed by atoms with Crippen molar-refractivity contribution in [3.05, 3.63) is 29.8 Å². The third kappa shape index (κ3) is 4.47. The van der Waals surface area contributed by atoms with E-state index >= 15 is 0 Å². The molecule has 1 aromatic carbocycles. The summed E-state index contributed by atoms with van der Waals surface area (Å²) in [4.78, 5) is 16.4. The molecule has 1 unspecified atom stereocenters. The summed E-state index contributed by atoms with van der Waals surface area (Å²) >= 11 is 0. The molecule has 1 fully saturated rings. The van der Waals surface area contributed by atoms with Crippen molar-refractivity contribution in [2.75, 3.05) is 38.3 Å². The standard InChI is InChI=1S/C18H28N2O2/c1-4-5-15(2)18(21)19(3)14-16-6-8-17(9-7-16)20-10-12-22-13-11-20/h6-9,15H,4-5,10-14H2,1-3H3. The van der Waals surface area contributed by atoms with Crippen molar-refractivity contribution in [1.29, 1.82) is 0 Å². The number of nitrogens with zero attached hydrogens (tertiary/aromatic N) is 2. The van der Waals surface area contributed by atoms with Crippen molar-refractivity contribution < 1.29 is 9.53 Å². The predicted molar refractivity (Wildman–Crippen MR) is 90.0 cm³/mol. The summed E-state index contributed by atoms with van der Waals surface area (Å²) in [5.41, 5.74) is 2.41. The molecule has 4 nitrogen and oxygen atoms in total. The average Bonchev–Trinajstić information content (AvgIpc) is 2.56. The molecule has 0 saturated carbocycles. The maximum atomic E-state index is 12.3. The SMILES string of the molecule is CCCC(C)C(=O)N(C)Cc1ccc(N2CCOCC2)cc1. The Balaban J connectivity index is 1.91. The summed E-state index contributed by atoms with van der Waals surface area (Å²) in [7, 11) is 1.89. The fourth-order valence-electron chi connectivity index (χ4n) is 2.92. The average molecular weight is 304 g/mol. The van der Waals surface area contributed by atoms with E-state index in [1.165, 1.54) is 11.3 Å². The minimum Gasteiger partial charge on any atom is -0.378 e. The lowest BCUT2D eigenvalue weighted by Gasteiger charge is -2.29. The normalized spacial score (nSPS) is 16.4. The number of rotatable bonds is 6. The first-order valence-electron chi connectivity index (χ1n) is 8.28. The van der Waals surface area contributed by atoms with Gasteiger partial charge in [-0.15, -0.1) is 0 Å². The molecular formula is C18H28N2O2.